The fourth-order valence-corrected chi connectivity index (χ4v) is 5.38. The number of hydroxylamine groups is 1. The zero-order chi connectivity index (χ0) is 13.7. The Hall–Kier alpha value is -1.10. The van der Waals surface area contributed by atoms with Crippen molar-refractivity contribution in [2.45, 2.75) is 57.5 Å². The highest BCUT2D eigenvalue weighted by atomic mass is 16.6. The van der Waals surface area contributed by atoms with Crippen molar-refractivity contribution in [2.75, 3.05) is 0 Å². The van der Waals surface area contributed by atoms with Gasteiger partial charge < -0.3 is 4.74 Å². The molecule has 0 radical (unpaired) electrons. The van der Waals surface area contributed by atoms with Crippen LogP contribution in [0.25, 0.3) is 0 Å². The molecule has 0 aromatic rings. The molecule has 5 nitrogen and oxygen atoms in total. The Kier molecular flexibility index (Phi) is 2.85. The van der Waals surface area contributed by atoms with E-state index in [4.69, 9.17) is 9.94 Å². The van der Waals surface area contributed by atoms with Gasteiger partial charge in [0, 0.05) is 13.3 Å². The van der Waals surface area contributed by atoms with Crippen molar-refractivity contribution in [1.29, 1.82) is 0 Å². The predicted molar refractivity (Wildman–Crippen MR) is 66.2 cm³/mol. The molecule has 4 bridgehead atoms. The van der Waals surface area contributed by atoms with Crippen LogP contribution in [0.1, 0.15) is 51.9 Å². The van der Waals surface area contributed by atoms with Crippen LogP contribution in [-0.2, 0) is 14.3 Å². The summed E-state index contributed by atoms with van der Waals surface area (Å²) in [6.45, 7) is 1.46. The summed E-state index contributed by atoms with van der Waals surface area (Å²) in [7, 11) is 0. The van der Waals surface area contributed by atoms with E-state index in [1.165, 1.54) is 13.3 Å². The second-order valence-electron chi connectivity index (χ2n) is 6.95. The van der Waals surface area contributed by atoms with Gasteiger partial charge in [-0.2, -0.15) is 0 Å². The fourth-order valence-electron chi connectivity index (χ4n) is 5.38. The first-order valence-corrected chi connectivity index (χ1v) is 7.07. The molecule has 4 aliphatic carbocycles. The molecule has 5 heteroatoms. The minimum atomic E-state index is -0.342. The number of carbonyl (C=O) groups is 2. The monoisotopic (exact) mass is 267 g/mol. The van der Waals surface area contributed by atoms with Crippen LogP contribution in [0.5, 0.6) is 0 Å². The summed E-state index contributed by atoms with van der Waals surface area (Å²) in [5.74, 6) is 0.586. The zero-order valence-corrected chi connectivity index (χ0v) is 11.3. The van der Waals surface area contributed by atoms with Crippen LogP contribution in [0.15, 0.2) is 0 Å². The van der Waals surface area contributed by atoms with Crippen LogP contribution in [0.3, 0.4) is 0 Å². The van der Waals surface area contributed by atoms with Crippen molar-refractivity contribution >= 4 is 11.9 Å². The van der Waals surface area contributed by atoms with Gasteiger partial charge in [0.2, 0.25) is 5.91 Å². The van der Waals surface area contributed by atoms with E-state index >= 15 is 0 Å². The van der Waals surface area contributed by atoms with Gasteiger partial charge in [0.1, 0.15) is 5.60 Å². The van der Waals surface area contributed by atoms with Crippen LogP contribution in [-0.4, -0.2) is 22.7 Å². The fraction of sp³-hybridized carbons (Fsp3) is 0.857. The van der Waals surface area contributed by atoms with Crippen molar-refractivity contribution in [3.8, 4) is 0 Å². The molecule has 2 unspecified atom stereocenters. The number of hydrogen-bond acceptors (Lipinski definition) is 4. The lowest BCUT2D eigenvalue weighted by Crippen LogP contribution is -2.58. The molecule has 0 aliphatic heterocycles. The van der Waals surface area contributed by atoms with Crippen molar-refractivity contribution in [3.63, 3.8) is 0 Å². The molecule has 106 valence electrons. The molecular weight excluding hydrogens is 246 g/mol. The van der Waals surface area contributed by atoms with Gasteiger partial charge in [-0.25, -0.2) is 5.48 Å². The van der Waals surface area contributed by atoms with Gasteiger partial charge in [0.05, 0.1) is 0 Å². The number of ether oxygens (including phenoxy) is 1. The number of rotatable bonds is 3. The molecule has 4 aliphatic rings. The lowest BCUT2D eigenvalue weighted by Gasteiger charge is -2.61. The molecule has 0 saturated heterocycles. The lowest BCUT2D eigenvalue weighted by molar-refractivity contribution is -0.201. The molecule has 4 saturated carbocycles. The maximum absolute atomic E-state index is 11.6. The van der Waals surface area contributed by atoms with Gasteiger partial charge in [-0.1, -0.05) is 0 Å². The van der Waals surface area contributed by atoms with Gasteiger partial charge in [-0.05, 0) is 55.8 Å². The van der Waals surface area contributed by atoms with E-state index in [1.54, 1.807) is 5.48 Å². The summed E-state index contributed by atoms with van der Waals surface area (Å²) in [5.41, 5.74) is 1.33. The molecule has 19 heavy (non-hydrogen) atoms. The Labute approximate surface area is 112 Å². The van der Waals surface area contributed by atoms with E-state index in [9.17, 15) is 9.59 Å². The average Bonchev–Trinajstić information content (AvgIpc) is 2.24. The maximum Gasteiger partial charge on any atom is 0.303 e. The van der Waals surface area contributed by atoms with Gasteiger partial charge in [0.15, 0.2) is 0 Å². The predicted octanol–water partition coefficient (Wildman–Crippen LogP) is 1.78. The second kappa shape index (κ2) is 4.20. The van der Waals surface area contributed by atoms with Crippen LogP contribution in [0.2, 0.25) is 0 Å². The van der Waals surface area contributed by atoms with Crippen molar-refractivity contribution in [2.24, 2.45) is 17.3 Å². The standard InChI is InChI=1S/C14H21NO4/c1-9(16)19-14-5-10-2-11(6-14)4-13(3-10,8-14)7-12(17)15-18/h10-11,18H,2-8H2,1H3,(H,15,17)/t10-,11+,13?,14?. The second-order valence-corrected chi connectivity index (χ2v) is 6.95. The highest BCUT2D eigenvalue weighted by molar-refractivity contribution is 5.75. The minimum Gasteiger partial charge on any atom is -0.459 e. The smallest absolute Gasteiger partial charge is 0.303 e. The van der Waals surface area contributed by atoms with Crippen LogP contribution < -0.4 is 5.48 Å². The molecule has 2 N–H and O–H groups in total. The highest BCUT2D eigenvalue weighted by Gasteiger charge is 2.59. The number of hydrogen-bond donors (Lipinski definition) is 2. The Morgan fingerprint density at radius 3 is 2.42 bits per heavy atom. The van der Waals surface area contributed by atoms with E-state index in [1.807, 2.05) is 0 Å². The summed E-state index contributed by atoms with van der Waals surface area (Å²) < 4.78 is 5.66. The molecule has 4 atom stereocenters. The Morgan fingerprint density at radius 1 is 1.26 bits per heavy atom. The largest absolute Gasteiger partial charge is 0.459 e. The first-order valence-electron chi connectivity index (χ1n) is 7.07. The van der Waals surface area contributed by atoms with Crippen LogP contribution in [0.4, 0.5) is 0 Å². The normalized spacial score (nSPS) is 43.1. The first-order chi connectivity index (χ1) is 8.94. The topological polar surface area (TPSA) is 75.6 Å². The number of carbonyl (C=O) groups excluding carboxylic acids is 2. The average molecular weight is 267 g/mol. The first kappa shape index (κ1) is 12.9. The Morgan fingerprint density at radius 2 is 1.89 bits per heavy atom. The van der Waals surface area contributed by atoms with Crippen molar-refractivity contribution < 1.29 is 19.5 Å². The van der Waals surface area contributed by atoms with E-state index < -0.39 is 0 Å². The molecular formula is C14H21NO4. The summed E-state index contributed by atoms with van der Waals surface area (Å²) in [6.07, 6.45) is 6.28. The van der Waals surface area contributed by atoms with Crippen molar-refractivity contribution in [3.05, 3.63) is 0 Å². The van der Waals surface area contributed by atoms with Gasteiger partial charge in [-0.3, -0.25) is 14.8 Å². The number of nitrogens with one attached hydrogen (secondary N) is 1. The third-order valence-corrected chi connectivity index (χ3v) is 5.15. The van der Waals surface area contributed by atoms with E-state index in [-0.39, 0.29) is 22.9 Å². The molecule has 4 fully saturated rings. The zero-order valence-electron chi connectivity index (χ0n) is 11.3. The lowest BCUT2D eigenvalue weighted by atomic mass is 9.47. The van der Waals surface area contributed by atoms with Crippen LogP contribution in [0, 0.1) is 17.3 Å². The van der Waals surface area contributed by atoms with Gasteiger partial charge in [-0.15, -0.1) is 0 Å². The Bertz CT molecular complexity index is 406. The SMILES string of the molecule is CC(=O)OC12C[C@@H]3C[C@@H](CC(CC(=O)NO)(C3)C1)C2. The molecule has 1 amide bonds. The summed E-state index contributed by atoms with van der Waals surface area (Å²) in [6, 6.07) is 0. The Balaban J connectivity index is 1.84. The molecule has 4 rings (SSSR count). The molecule has 0 aromatic carbocycles. The molecule has 0 spiro atoms. The summed E-state index contributed by atoms with van der Waals surface area (Å²) >= 11 is 0. The quantitative estimate of drug-likeness (QED) is 0.464. The number of amides is 1. The van der Waals surface area contributed by atoms with Gasteiger partial charge >= 0.3 is 5.97 Å². The van der Waals surface area contributed by atoms with E-state index in [0.29, 0.717) is 18.3 Å². The number of esters is 1. The highest BCUT2D eigenvalue weighted by Crippen LogP contribution is 2.63. The van der Waals surface area contributed by atoms with Crippen LogP contribution >= 0.6 is 0 Å². The maximum atomic E-state index is 11.6. The van der Waals surface area contributed by atoms with E-state index in [0.717, 1.165) is 32.1 Å². The van der Waals surface area contributed by atoms with Crippen molar-refractivity contribution in [1.82, 2.24) is 5.48 Å². The molecule has 0 aromatic heterocycles. The third kappa shape index (κ3) is 2.24. The minimum absolute atomic E-state index is 0.0770. The summed E-state index contributed by atoms with van der Waals surface area (Å²) in [4.78, 5) is 22.9. The third-order valence-electron chi connectivity index (χ3n) is 5.15. The van der Waals surface area contributed by atoms with E-state index in [2.05, 4.69) is 0 Å². The van der Waals surface area contributed by atoms with Gasteiger partial charge in [0.25, 0.3) is 0 Å². The summed E-state index contributed by atoms with van der Waals surface area (Å²) in [5, 5.41) is 8.76. The molecule has 0 heterocycles.